The van der Waals surface area contributed by atoms with Crippen LogP contribution >= 0.6 is 0 Å². The topological polar surface area (TPSA) is 237 Å². The third-order valence-corrected chi connectivity index (χ3v) is 6.08. The maximum atomic E-state index is 11.4. The van der Waals surface area contributed by atoms with Gasteiger partial charge in [0.1, 0.15) is 67.3 Å². The van der Waals surface area contributed by atoms with Gasteiger partial charge in [0.2, 0.25) is 5.91 Å². The third-order valence-electron chi connectivity index (χ3n) is 6.08. The number of amides is 1. The second-order valence-electron chi connectivity index (χ2n) is 8.65. The molecule has 15 nitrogen and oxygen atoms in total. The predicted octanol–water partition coefficient (Wildman–Crippen LogP) is -5.25. The number of rotatable bonds is 7. The van der Waals surface area contributed by atoms with Crippen LogP contribution in [0, 0.1) is 0 Å². The van der Waals surface area contributed by atoms with E-state index in [9.17, 15) is 45.6 Å². The van der Waals surface area contributed by atoms with E-state index in [4.69, 9.17) is 23.7 Å². The van der Waals surface area contributed by atoms with Gasteiger partial charge in [0.15, 0.2) is 12.6 Å². The van der Waals surface area contributed by atoms with Crippen molar-refractivity contribution in [1.82, 2.24) is 5.32 Å². The molecule has 9 N–H and O–H groups in total. The molecule has 0 radical (unpaired) electrons. The lowest BCUT2D eigenvalue weighted by Gasteiger charge is -2.47. The number of hydrogen-bond acceptors (Lipinski definition) is 14. The monoisotopic (exact) mass is 511 g/mol. The molecule has 0 aromatic heterocycles. The van der Waals surface area contributed by atoms with Crippen LogP contribution in [0.2, 0.25) is 0 Å². The fourth-order valence-electron chi connectivity index (χ4n) is 4.05. The molecule has 0 bridgehead atoms. The Bertz CT molecular complexity index is 753. The van der Waals surface area contributed by atoms with Gasteiger partial charge >= 0.3 is 0 Å². The summed E-state index contributed by atoms with van der Waals surface area (Å²) >= 11 is 0. The van der Waals surface area contributed by atoms with E-state index in [0.717, 1.165) is 6.26 Å². The van der Waals surface area contributed by atoms with E-state index < -0.39 is 98.8 Å². The van der Waals surface area contributed by atoms with Gasteiger partial charge in [-0.05, 0) is 6.92 Å². The van der Waals surface area contributed by atoms with Crippen molar-refractivity contribution in [1.29, 1.82) is 0 Å². The summed E-state index contributed by atoms with van der Waals surface area (Å²) in [6.45, 7) is 1.23. The van der Waals surface area contributed by atoms with E-state index in [0.29, 0.717) is 0 Å². The Hall–Kier alpha value is -1.47. The first-order chi connectivity index (χ1) is 16.5. The maximum absolute atomic E-state index is 11.4. The molecule has 202 valence electrons. The third kappa shape index (κ3) is 5.93. The van der Waals surface area contributed by atoms with Gasteiger partial charge in [0.05, 0.1) is 25.0 Å². The van der Waals surface area contributed by atoms with Crippen molar-refractivity contribution in [3.8, 4) is 0 Å². The van der Waals surface area contributed by atoms with E-state index >= 15 is 0 Å². The second kappa shape index (κ2) is 11.7. The highest BCUT2D eigenvalue weighted by Crippen LogP contribution is 2.32. The molecule has 3 aliphatic heterocycles. The summed E-state index contributed by atoms with van der Waals surface area (Å²) in [7, 11) is 0. The van der Waals surface area contributed by atoms with Gasteiger partial charge in [-0.25, -0.2) is 0 Å². The molecule has 3 aliphatic rings. The lowest BCUT2D eigenvalue weighted by atomic mass is 9.97. The van der Waals surface area contributed by atoms with Crippen molar-refractivity contribution in [3.63, 3.8) is 0 Å². The standard InChI is InChI=1S/C20H33NO14/c1-6-11(25)14(28)16(30)19(32-6)35-18-15(29)13(27)9(3-22)33-20(18)34-17-10(4-23)31-5-8(12(17)26)21-7(2)24/h5-6,9-20,22-23,25-30H,3-4H2,1-2H3,(H,21,24)/t6-,9+,10+,11+,12+,13-,14+,15-,16-,17+,18+,19-,20-/m0/s1. The Labute approximate surface area is 200 Å². The highest BCUT2D eigenvalue weighted by atomic mass is 16.8. The predicted molar refractivity (Wildman–Crippen MR) is 110 cm³/mol. The van der Waals surface area contributed by atoms with E-state index in [2.05, 4.69) is 5.32 Å². The molecule has 0 unspecified atom stereocenters. The summed E-state index contributed by atoms with van der Waals surface area (Å²) in [6, 6.07) is 0. The van der Waals surface area contributed by atoms with Crippen LogP contribution in [0.5, 0.6) is 0 Å². The molecular formula is C20H33NO14. The van der Waals surface area contributed by atoms with E-state index in [-0.39, 0.29) is 5.70 Å². The first-order valence-electron chi connectivity index (χ1n) is 11.0. The molecular weight excluding hydrogens is 478 g/mol. The van der Waals surface area contributed by atoms with Crippen LogP contribution in [0.4, 0.5) is 0 Å². The summed E-state index contributed by atoms with van der Waals surface area (Å²) in [6.07, 6.45) is -18.5. The Balaban J connectivity index is 1.85. The average molecular weight is 511 g/mol. The minimum absolute atomic E-state index is 0.0864. The summed E-state index contributed by atoms with van der Waals surface area (Å²) in [5.41, 5.74) is -0.0864. The van der Waals surface area contributed by atoms with Gasteiger partial charge in [-0.2, -0.15) is 0 Å². The lowest BCUT2D eigenvalue weighted by molar-refractivity contribution is -0.374. The normalized spacial score (nSPS) is 46.5. The molecule has 2 fully saturated rings. The SMILES string of the molecule is CC(=O)NC1=CO[C@H](CO)[C@@H](O[C@@H]2O[C@H](CO)[C@H](O)[C@H](O)[C@H]2O[C@@H]2O[C@@H](C)[C@@H](O)[C@@H](O)[C@@H]2O)[C@@H]1O. The van der Waals surface area contributed by atoms with Crippen molar-refractivity contribution in [3.05, 3.63) is 12.0 Å². The zero-order chi connectivity index (χ0) is 26.0. The van der Waals surface area contributed by atoms with E-state index in [1.807, 2.05) is 0 Å². The minimum Gasteiger partial charge on any atom is -0.491 e. The maximum Gasteiger partial charge on any atom is 0.221 e. The van der Waals surface area contributed by atoms with Crippen molar-refractivity contribution >= 4 is 5.91 Å². The molecule has 3 heterocycles. The number of nitrogens with one attached hydrogen (secondary N) is 1. The fourth-order valence-corrected chi connectivity index (χ4v) is 4.05. The van der Waals surface area contributed by atoms with Gasteiger partial charge in [0, 0.05) is 6.92 Å². The first kappa shape index (κ1) is 28.1. The van der Waals surface area contributed by atoms with Crippen LogP contribution in [0.1, 0.15) is 13.8 Å². The van der Waals surface area contributed by atoms with Gasteiger partial charge in [-0.1, -0.05) is 0 Å². The molecule has 3 rings (SSSR count). The Morgan fingerprint density at radius 2 is 1.49 bits per heavy atom. The largest absolute Gasteiger partial charge is 0.491 e. The molecule has 0 saturated carbocycles. The Morgan fingerprint density at radius 1 is 0.857 bits per heavy atom. The molecule has 15 heteroatoms. The second-order valence-corrected chi connectivity index (χ2v) is 8.65. The highest BCUT2D eigenvalue weighted by Gasteiger charge is 2.52. The molecule has 0 aromatic rings. The number of ether oxygens (including phenoxy) is 5. The van der Waals surface area contributed by atoms with Gasteiger partial charge in [0.25, 0.3) is 0 Å². The molecule has 0 spiro atoms. The molecule has 13 atom stereocenters. The summed E-state index contributed by atoms with van der Waals surface area (Å²) < 4.78 is 27.6. The Kier molecular flexibility index (Phi) is 9.41. The summed E-state index contributed by atoms with van der Waals surface area (Å²) in [5, 5.41) is 83.6. The first-order valence-corrected chi connectivity index (χ1v) is 11.0. The van der Waals surface area contributed by atoms with Gasteiger partial charge in [-0.3, -0.25) is 4.79 Å². The zero-order valence-corrected chi connectivity index (χ0v) is 19.0. The van der Waals surface area contributed by atoms with Crippen molar-refractivity contribution in [2.75, 3.05) is 13.2 Å². The van der Waals surface area contributed by atoms with Crippen molar-refractivity contribution < 1.29 is 69.3 Å². The molecule has 1 amide bonds. The van der Waals surface area contributed by atoms with E-state index in [1.54, 1.807) is 0 Å². The van der Waals surface area contributed by atoms with Crippen LogP contribution in [0.25, 0.3) is 0 Å². The number of aliphatic hydroxyl groups is 8. The van der Waals surface area contributed by atoms with E-state index in [1.165, 1.54) is 13.8 Å². The minimum atomic E-state index is -1.78. The van der Waals surface area contributed by atoms with Gasteiger partial charge < -0.3 is 69.9 Å². The van der Waals surface area contributed by atoms with Crippen LogP contribution in [-0.2, 0) is 28.5 Å². The molecule has 2 saturated heterocycles. The van der Waals surface area contributed by atoms with Gasteiger partial charge in [-0.15, -0.1) is 0 Å². The number of carbonyl (C=O) groups is 1. The van der Waals surface area contributed by atoms with Crippen LogP contribution in [0.3, 0.4) is 0 Å². The molecule has 35 heavy (non-hydrogen) atoms. The molecule has 0 aliphatic carbocycles. The van der Waals surface area contributed by atoms with Crippen molar-refractivity contribution in [2.45, 2.75) is 93.6 Å². The molecule has 0 aromatic carbocycles. The summed E-state index contributed by atoms with van der Waals surface area (Å²) in [5.74, 6) is -0.521. The number of hydrogen-bond donors (Lipinski definition) is 9. The summed E-state index contributed by atoms with van der Waals surface area (Å²) in [4.78, 5) is 11.4. The van der Waals surface area contributed by atoms with Crippen LogP contribution < -0.4 is 5.32 Å². The number of aliphatic hydroxyl groups excluding tert-OH is 8. The zero-order valence-electron chi connectivity index (χ0n) is 19.0. The quantitative estimate of drug-likeness (QED) is 0.155. The van der Waals surface area contributed by atoms with Crippen LogP contribution in [0.15, 0.2) is 12.0 Å². The van der Waals surface area contributed by atoms with Crippen LogP contribution in [-0.4, -0.2) is 140 Å². The smallest absolute Gasteiger partial charge is 0.221 e. The Morgan fingerprint density at radius 3 is 2.09 bits per heavy atom. The van der Waals surface area contributed by atoms with Crippen molar-refractivity contribution in [2.24, 2.45) is 0 Å². The lowest BCUT2D eigenvalue weighted by Crippen LogP contribution is -2.65. The fraction of sp³-hybridized carbons (Fsp3) is 0.850. The average Bonchev–Trinajstić information content (AvgIpc) is 2.82. The highest BCUT2D eigenvalue weighted by molar-refractivity contribution is 5.75. The number of carbonyl (C=O) groups excluding carboxylic acids is 1.